The number of nitrogens with zero attached hydrogens (tertiary/aromatic N) is 2. The summed E-state index contributed by atoms with van der Waals surface area (Å²) in [5, 5.41) is -0.0160. The SMILES string of the molecule is COc1nccnc1C(N)c1cccc(F)c1Cl. The number of ether oxygens (including phenoxy) is 1. The molecule has 0 aliphatic carbocycles. The largest absolute Gasteiger partial charge is 0.480 e. The van der Waals surface area contributed by atoms with Gasteiger partial charge in [-0.05, 0) is 11.6 Å². The van der Waals surface area contributed by atoms with Gasteiger partial charge in [0.1, 0.15) is 11.5 Å². The third-order valence-corrected chi connectivity index (χ3v) is 2.89. The minimum absolute atomic E-state index is 0.0160. The van der Waals surface area contributed by atoms with Crippen molar-refractivity contribution in [1.29, 1.82) is 0 Å². The Labute approximate surface area is 109 Å². The molecule has 0 saturated carbocycles. The lowest BCUT2D eigenvalue weighted by molar-refractivity contribution is 0.387. The number of nitrogens with two attached hydrogens (primary N) is 1. The van der Waals surface area contributed by atoms with E-state index in [-0.39, 0.29) is 5.02 Å². The van der Waals surface area contributed by atoms with Crippen LogP contribution in [0.15, 0.2) is 30.6 Å². The summed E-state index contributed by atoms with van der Waals surface area (Å²) in [5.41, 5.74) is 6.88. The molecular formula is C12H11ClFN3O. The molecule has 94 valence electrons. The van der Waals surface area contributed by atoms with Crippen LogP contribution in [-0.4, -0.2) is 17.1 Å². The van der Waals surface area contributed by atoms with Crippen LogP contribution >= 0.6 is 11.6 Å². The molecule has 1 unspecified atom stereocenters. The average Bonchev–Trinajstić information content (AvgIpc) is 2.41. The highest BCUT2D eigenvalue weighted by Crippen LogP contribution is 2.30. The van der Waals surface area contributed by atoms with Crippen LogP contribution in [0.2, 0.25) is 5.02 Å². The minimum atomic E-state index is -0.697. The molecule has 1 heterocycles. The number of rotatable bonds is 3. The molecule has 0 saturated heterocycles. The summed E-state index contributed by atoms with van der Waals surface area (Å²) < 4.78 is 18.5. The molecule has 4 nitrogen and oxygen atoms in total. The zero-order chi connectivity index (χ0) is 13.1. The van der Waals surface area contributed by atoms with Crippen molar-refractivity contribution in [3.63, 3.8) is 0 Å². The number of benzene rings is 1. The Morgan fingerprint density at radius 3 is 2.78 bits per heavy atom. The average molecular weight is 268 g/mol. The van der Waals surface area contributed by atoms with Gasteiger partial charge in [0.05, 0.1) is 18.2 Å². The van der Waals surface area contributed by atoms with E-state index in [4.69, 9.17) is 22.1 Å². The standard InChI is InChI=1S/C12H11ClFN3O/c1-18-12-11(16-5-6-17-12)10(15)7-3-2-4-8(14)9(7)13/h2-6,10H,15H2,1H3. The molecule has 0 fully saturated rings. The van der Waals surface area contributed by atoms with Crippen molar-refractivity contribution in [3.8, 4) is 5.88 Å². The summed E-state index contributed by atoms with van der Waals surface area (Å²) in [4.78, 5) is 8.10. The highest BCUT2D eigenvalue weighted by atomic mass is 35.5. The first-order chi connectivity index (χ1) is 8.65. The normalized spacial score (nSPS) is 12.2. The Hall–Kier alpha value is -1.72. The molecular weight excluding hydrogens is 257 g/mol. The van der Waals surface area contributed by atoms with E-state index in [1.54, 1.807) is 12.1 Å². The van der Waals surface area contributed by atoms with E-state index in [1.165, 1.54) is 25.6 Å². The third-order valence-electron chi connectivity index (χ3n) is 2.50. The monoisotopic (exact) mass is 267 g/mol. The zero-order valence-electron chi connectivity index (χ0n) is 9.60. The minimum Gasteiger partial charge on any atom is -0.480 e. The van der Waals surface area contributed by atoms with Gasteiger partial charge in [-0.15, -0.1) is 0 Å². The van der Waals surface area contributed by atoms with Gasteiger partial charge in [0.2, 0.25) is 5.88 Å². The van der Waals surface area contributed by atoms with E-state index in [0.29, 0.717) is 17.1 Å². The second-order valence-electron chi connectivity index (χ2n) is 3.57. The lowest BCUT2D eigenvalue weighted by Gasteiger charge is -2.15. The van der Waals surface area contributed by atoms with Crippen LogP contribution in [0.3, 0.4) is 0 Å². The Morgan fingerprint density at radius 2 is 2.06 bits per heavy atom. The number of halogens is 2. The van der Waals surface area contributed by atoms with Crippen LogP contribution in [0, 0.1) is 5.82 Å². The number of hydrogen-bond acceptors (Lipinski definition) is 4. The van der Waals surface area contributed by atoms with E-state index < -0.39 is 11.9 Å². The lowest BCUT2D eigenvalue weighted by atomic mass is 10.0. The van der Waals surface area contributed by atoms with Crippen LogP contribution in [0.4, 0.5) is 4.39 Å². The molecule has 18 heavy (non-hydrogen) atoms. The fourth-order valence-electron chi connectivity index (χ4n) is 1.61. The maximum atomic E-state index is 13.4. The molecule has 1 aromatic carbocycles. The van der Waals surface area contributed by atoms with Gasteiger partial charge in [-0.25, -0.2) is 9.37 Å². The Morgan fingerprint density at radius 1 is 1.33 bits per heavy atom. The van der Waals surface area contributed by atoms with E-state index in [2.05, 4.69) is 9.97 Å². The van der Waals surface area contributed by atoms with E-state index in [1.807, 2.05) is 0 Å². The second kappa shape index (κ2) is 5.29. The molecule has 0 radical (unpaired) electrons. The smallest absolute Gasteiger partial charge is 0.237 e. The van der Waals surface area contributed by atoms with Crippen LogP contribution in [0.1, 0.15) is 17.3 Å². The Balaban J connectivity index is 2.48. The lowest BCUT2D eigenvalue weighted by Crippen LogP contribution is -2.16. The summed E-state index contributed by atoms with van der Waals surface area (Å²) in [6.45, 7) is 0. The Kier molecular flexibility index (Phi) is 3.74. The van der Waals surface area contributed by atoms with E-state index in [0.717, 1.165) is 0 Å². The Bertz CT molecular complexity index is 565. The van der Waals surface area contributed by atoms with Gasteiger partial charge in [-0.1, -0.05) is 23.7 Å². The second-order valence-corrected chi connectivity index (χ2v) is 3.95. The van der Waals surface area contributed by atoms with Crippen LogP contribution < -0.4 is 10.5 Å². The van der Waals surface area contributed by atoms with Gasteiger partial charge in [0, 0.05) is 12.4 Å². The molecule has 6 heteroatoms. The predicted molar refractivity (Wildman–Crippen MR) is 66.0 cm³/mol. The molecule has 1 atom stereocenters. The van der Waals surface area contributed by atoms with E-state index in [9.17, 15) is 4.39 Å². The van der Waals surface area contributed by atoms with Gasteiger partial charge in [-0.2, -0.15) is 0 Å². The van der Waals surface area contributed by atoms with Gasteiger partial charge in [-0.3, -0.25) is 4.98 Å². The number of methoxy groups -OCH3 is 1. The van der Waals surface area contributed by atoms with E-state index >= 15 is 0 Å². The van der Waals surface area contributed by atoms with Gasteiger partial charge >= 0.3 is 0 Å². The zero-order valence-corrected chi connectivity index (χ0v) is 10.4. The van der Waals surface area contributed by atoms with Crippen molar-refractivity contribution in [2.75, 3.05) is 7.11 Å². The summed E-state index contributed by atoms with van der Waals surface area (Å²) in [5.74, 6) is -0.224. The van der Waals surface area contributed by atoms with Crippen molar-refractivity contribution < 1.29 is 9.13 Å². The quantitative estimate of drug-likeness (QED) is 0.927. The summed E-state index contributed by atoms with van der Waals surface area (Å²) in [7, 11) is 1.47. The molecule has 0 spiro atoms. The van der Waals surface area contributed by atoms with Crippen LogP contribution in [0.5, 0.6) is 5.88 Å². The maximum absolute atomic E-state index is 13.4. The maximum Gasteiger partial charge on any atom is 0.237 e. The van der Waals surface area contributed by atoms with Crippen LogP contribution in [-0.2, 0) is 0 Å². The fraction of sp³-hybridized carbons (Fsp3) is 0.167. The van der Waals surface area contributed by atoms with Crippen molar-refractivity contribution >= 4 is 11.6 Å². The predicted octanol–water partition coefficient (Wildman–Crippen LogP) is 2.33. The van der Waals surface area contributed by atoms with Crippen LogP contribution in [0.25, 0.3) is 0 Å². The van der Waals surface area contributed by atoms with Crippen molar-refractivity contribution in [2.45, 2.75) is 6.04 Å². The first-order valence-electron chi connectivity index (χ1n) is 5.19. The highest BCUT2D eigenvalue weighted by molar-refractivity contribution is 6.31. The summed E-state index contributed by atoms with van der Waals surface area (Å²) in [6, 6.07) is 3.76. The number of aromatic nitrogens is 2. The molecule has 0 amide bonds. The van der Waals surface area contributed by atoms with Gasteiger partial charge in [0.15, 0.2) is 0 Å². The van der Waals surface area contributed by atoms with Crippen molar-refractivity contribution in [2.24, 2.45) is 5.73 Å². The molecule has 2 rings (SSSR count). The van der Waals surface area contributed by atoms with Gasteiger partial charge in [0.25, 0.3) is 0 Å². The van der Waals surface area contributed by atoms with Crippen molar-refractivity contribution in [3.05, 3.63) is 52.7 Å². The third kappa shape index (κ3) is 2.27. The summed E-state index contributed by atoms with van der Waals surface area (Å²) >= 11 is 5.89. The number of hydrogen-bond donors (Lipinski definition) is 1. The summed E-state index contributed by atoms with van der Waals surface area (Å²) in [6.07, 6.45) is 2.98. The first kappa shape index (κ1) is 12.7. The molecule has 0 aliphatic rings. The molecule has 2 aromatic rings. The van der Waals surface area contributed by atoms with Crippen molar-refractivity contribution in [1.82, 2.24) is 9.97 Å². The molecule has 0 aliphatic heterocycles. The highest BCUT2D eigenvalue weighted by Gasteiger charge is 2.20. The molecule has 1 aromatic heterocycles. The fourth-order valence-corrected chi connectivity index (χ4v) is 1.86. The first-order valence-corrected chi connectivity index (χ1v) is 5.57. The van der Waals surface area contributed by atoms with Gasteiger partial charge < -0.3 is 10.5 Å². The molecule has 0 bridgehead atoms. The molecule has 2 N–H and O–H groups in total. The topological polar surface area (TPSA) is 61.0 Å².